The number of hydrogen-bond acceptors (Lipinski definition) is 12. The number of fused-ring (bicyclic) bond motifs is 6. The first-order valence-electron chi connectivity index (χ1n) is 34.5. The Bertz CT molecular complexity index is 3560. The van der Waals surface area contributed by atoms with Crippen LogP contribution in [0.25, 0.3) is 65.8 Å². The van der Waals surface area contributed by atoms with Crippen molar-refractivity contribution in [3.63, 3.8) is 0 Å². The zero-order chi connectivity index (χ0) is 67.9. The maximum Gasteiger partial charge on any atom is 0.134 e. The molecule has 12 heteroatoms. The van der Waals surface area contributed by atoms with Gasteiger partial charge < -0.3 is 41.2 Å². The van der Waals surface area contributed by atoms with Crippen LogP contribution in [0.15, 0.2) is 209 Å². The zero-order valence-corrected chi connectivity index (χ0v) is 60.1. The maximum atomic E-state index is 5.91. The fourth-order valence-corrected chi connectivity index (χ4v) is 10.8. The third kappa shape index (κ3) is 25.0. The predicted molar refractivity (Wildman–Crippen MR) is 397 cm³/mol. The van der Waals surface area contributed by atoms with E-state index in [1.807, 2.05) is 193 Å². The summed E-state index contributed by atoms with van der Waals surface area (Å²) in [5, 5.41) is 7.17. The van der Waals surface area contributed by atoms with Crippen LogP contribution in [0.5, 0.6) is 0 Å². The summed E-state index contributed by atoms with van der Waals surface area (Å²) in [5.41, 5.74) is 9.56. The van der Waals surface area contributed by atoms with E-state index in [9.17, 15) is 0 Å². The molecule has 0 radical (unpaired) electrons. The lowest BCUT2D eigenvalue weighted by Crippen LogP contribution is -2.25. The first-order chi connectivity index (χ1) is 45.6. The molecular weight excluding hydrogens is 1150 g/mol. The highest BCUT2D eigenvalue weighted by molar-refractivity contribution is 5.83. The molecule has 0 N–H and O–H groups in total. The van der Waals surface area contributed by atoms with E-state index in [1.165, 1.54) is 49.0 Å². The van der Waals surface area contributed by atoms with Gasteiger partial charge in [0.25, 0.3) is 0 Å². The van der Waals surface area contributed by atoms with E-state index in [2.05, 4.69) is 144 Å². The number of para-hydroxylation sites is 6. The molecule has 0 aliphatic heterocycles. The van der Waals surface area contributed by atoms with Gasteiger partial charge in [-0.2, -0.15) is 0 Å². The first kappa shape index (κ1) is 77.8. The second kappa shape index (κ2) is 44.0. The molecule has 0 aliphatic carbocycles. The Hall–Kier alpha value is -7.68. The Morgan fingerprint density at radius 3 is 0.688 bits per heavy atom. The Morgan fingerprint density at radius 2 is 0.452 bits per heavy atom. The van der Waals surface area contributed by atoms with Crippen molar-refractivity contribution in [2.75, 3.05) is 81.6 Å². The van der Waals surface area contributed by atoms with Gasteiger partial charge in [-0.05, 0) is 155 Å². The molecule has 0 bridgehead atoms. The normalized spacial score (nSPS) is 10.8. The van der Waals surface area contributed by atoms with Crippen LogP contribution in [0.2, 0.25) is 0 Å². The summed E-state index contributed by atoms with van der Waals surface area (Å²) in [6, 6.07) is 55.6. The van der Waals surface area contributed by atoms with Crippen LogP contribution in [-0.4, -0.2) is 111 Å². The van der Waals surface area contributed by atoms with Crippen LogP contribution in [0.4, 0.5) is 0 Å². The van der Waals surface area contributed by atoms with E-state index in [4.69, 9.17) is 26.5 Å². The summed E-state index contributed by atoms with van der Waals surface area (Å²) < 4.78 is 34.7. The number of nitrogens with zero attached hydrogens (tertiary/aromatic N) is 6. The Labute approximate surface area is 558 Å². The summed E-state index contributed by atoms with van der Waals surface area (Å²) >= 11 is 0. The summed E-state index contributed by atoms with van der Waals surface area (Å²) in [5.74, 6) is 3.07. The molecule has 93 heavy (non-hydrogen) atoms. The highest BCUT2D eigenvalue weighted by atomic mass is 16.3. The van der Waals surface area contributed by atoms with Crippen molar-refractivity contribution in [1.82, 2.24) is 29.4 Å². The second-order valence-electron chi connectivity index (χ2n) is 22.0. The summed E-state index contributed by atoms with van der Waals surface area (Å²) in [4.78, 5) is 14.0. The number of hydrogen-bond donors (Lipinski definition) is 0. The van der Waals surface area contributed by atoms with Gasteiger partial charge in [0.05, 0.1) is 38.4 Å². The fraction of sp³-hybridized carbons (Fsp3) is 0.407. The van der Waals surface area contributed by atoms with E-state index in [1.54, 1.807) is 0 Å². The molecule has 0 fully saturated rings. The molecule has 0 atom stereocenters. The molecule has 12 nitrogen and oxygen atoms in total. The van der Waals surface area contributed by atoms with Gasteiger partial charge in [-0.25, -0.2) is 0 Å². The van der Waals surface area contributed by atoms with Gasteiger partial charge >= 0.3 is 0 Å². The van der Waals surface area contributed by atoms with Crippen molar-refractivity contribution in [1.29, 1.82) is 0 Å². The van der Waals surface area contributed by atoms with Gasteiger partial charge in [0.2, 0.25) is 0 Å². The number of benzene rings is 6. The SMILES string of the molecule is CC.CC.CC.CC.CC.CC.CN(CCCN(C)Cc1cc2ccccc2o1)Cc1cc2ccccc2o1.CN(CCCN(C)Cc1coc2ccccc12)Cc1cc2ccccc2o1.CN(CCCN(C)Cc1coc2ccccc12)Cc1coc2ccccc12. The molecule has 6 aromatic heterocycles. The Balaban J connectivity index is 0.000000274. The van der Waals surface area contributed by atoms with Crippen LogP contribution in [0, 0.1) is 0 Å². The monoisotopic (exact) mass is 1270 g/mol. The van der Waals surface area contributed by atoms with Gasteiger partial charge in [-0.3, -0.25) is 14.7 Å². The van der Waals surface area contributed by atoms with Gasteiger partial charge in [0.1, 0.15) is 50.8 Å². The maximum absolute atomic E-state index is 5.91. The molecule has 0 spiro atoms. The standard InChI is InChI=1S/3C23H26N2O2.6C2H6/c1-24(14-18-16-26-22-10-5-3-8-20(18)22)12-7-13-25(2)15-19-17-27-23-11-6-4-9-21(19)23;1-24(15-19-17-26-23-11-6-4-9-21(19)23)12-7-13-25(2)16-20-14-18-8-3-5-10-22(18)27-20;1-24(16-20-14-18-8-3-5-10-22(18)26-20)12-7-13-25(2)17-21-15-19-9-4-6-11-23(19)27-21;6*1-2/h3-6,8-11,16-17H,7,12-15H2,1-2H3;3-6,8-11,14,17H,7,12-13,15-16H2,1-2H3;3-6,8-11,14-15H,7,12-13,16-17H2,1-2H3;6*1-2H3. The lowest BCUT2D eigenvalue weighted by molar-refractivity contribution is 0.250. The highest BCUT2D eigenvalue weighted by Crippen LogP contribution is 2.26. The lowest BCUT2D eigenvalue weighted by atomic mass is 10.1. The topological polar surface area (TPSA) is 98.3 Å². The molecule has 12 aromatic rings. The smallest absolute Gasteiger partial charge is 0.134 e. The second-order valence-corrected chi connectivity index (χ2v) is 22.0. The zero-order valence-electron chi connectivity index (χ0n) is 60.1. The molecule has 0 aliphatic rings. The predicted octanol–water partition coefficient (Wildman–Crippen LogP) is 21.6. The molecular formula is C81H114N6O6. The van der Waals surface area contributed by atoms with Gasteiger partial charge in [-0.1, -0.05) is 192 Å². The minimum absolute atomic E-state index is 0.835. The Morgan fingerprint density at radius 1 is 0.247 bits per heavy atom. The van der Waals surface area contributed by atoms with Crippen molar-refractivity contribution in [3.05, 3.63) is 217 Å². The molecule has 6 aromatic carbocycles. The lowest BCUT2D eigenvalue weighted by Gasteiger charge is -2.19. The van der Waals surface area contributed by atoms with Gasteiger partial charge in [-0.15, -0.1) is 0 Å². The third-order valence-corrected chi connectivity index (χ3v) is 15.0. The van der Waals surface area contributed by atoms with Crippen molar-refractivity contribution in [2.45, 2.75) is 142 Å². The van der Waals surface area contributed by atoms with Crippen LogP contribution in [0.1, 0.15) is 136 Å². The van der Waals surface area contributed by atoms with Crippen molar-refractivity contribution >= 4 is 65.8 Å². The van der Waals surface area contributed by atoms with Crippen molar-refractivity contribution in [2.24, 2.45) is 0 Å². The molecule has 0 saturated carbocycles. The summed E-state index contributed by atoms with van der Waals surface area (Å²) in [6.45, 7) is 35.5. The van der Waals surface area contributed by atoms with Crippen LogP contribution < -0.4 is 0 Å². The first-order valence-corrected chi connectivity index (χ1v) is 34.5. The average molecular weight is 1270 g/mol. The third-order valence-electron chi connectivity index (χ3n) is 15.0. The number of rotatable bonds is 24. The fourth-order valence-electron chi connectivity index (χ4n) is 10.8. The minimum Gasteiger partial charge on any atom is -0.464 e. The van der Waals surface area contributed by atoms with E-state index >= 15 is 0 Å². The summed E-state index contributed by atoms with van der Waals surface area (Å²) in [6.07, 6.45) is 9.00. The summed E-state index contributed by atoms with van der Waals surface area (Å²) in [7, 11) is 13.0. The van der Waals surface area contributed by atoms with Crippen LogP contribution in [-0.2, 0) is 39.3 Å². The minimum atomic E-state index is 0.835. The largest absolute Gasteiger partial charge is 0.464 e. The molecule has 12 rings (SSSR count). The van der Waals surface area contributed by atoms with E-state index in [-0.39, 0.29) is 0 Å². The molecule has 504 valence electrons. The van der Waals surface area contributed by atoms with Crippen LogP contribution in [0.3, 0.4) is 0 Å². The molecule has 0 saturated heterocycles. The van der Waals surface area contributed by atoms with Gasteiger partial charge in [0, 0.05) is 68.6 Å². The number of furan rings is 6. The van der Waals surface area contributed by atoms with E-state index in [0.717, 1.165) is 149 Å². The molecule has 0 unspecified atom stereocenters. The molecule has 6 heterocycles. The average Bonchev–Trinajstić information content (AvgIpc) is 3.96. The van der Waals surface area contributed by atoms with E-state index in [0.29, 0.717) is 0 Å². The van der Waals surface area contributed by atoms with Crippen molar-refractivity contribution in [3.8, 4) is 0 Å². The van der Waals surface area contributed by atoms with Crippen LogP contribution >= 0.6 is 0 Å². The van der Waals surface area contributed by atoms with Gasteiger partial charge in [0.15, 0.2) is 0 Å². The van der Waals surface area contributed by atoms with E-state index < -0.39 is 0 Å². The highest BCUT2D eigenvalue weighted by Gasteiger charge is 2.14. The Kier molecular flexibility index (Phi) is 36.8. The quantitative estimate of drug-likeness (QED) is 0.0576. The van der Waals surface area contributed by atoms with Crippen molar-refractivity contribution < 1.29 is 26.5 Å². The molecule has 0 amide bonds.